The molecule has 0 saturated carbocycles. The Labute approximate surface area is 191 Å². The first-order valence-corrected chi connectivity index (χ1v) is 10.8. The molecule has 1 N–H and O–H groups in total. The van der Waals surface area contributed by atoms with Crippen molar-refractivity contribution in [1.82, 2.24) is 4.90 Å². The molecule has 5 nitrogen and oxygen atoms in total. The molecule has 0 bridgehead atoms. The molecule has 3 rings (SSSR count). The van der Waals surface area contributed by atoms with Gasteiger partial charge in [0.2, 0.25) is 0 Å². The fraction of sp³-hybridized carbons (Fsp3) is 0.400. The van der Waals surface area contributed by atoms with Gasteiger partial charge in [0.1, 0.15) is 17.3 Å². The fourth-order valence-corrected chi connectivity index (χ4v) is 4.07. The van der Waals surface area contributed by atoms with Crippen LogP contribution >= 0.6 is 0 Å². The number of benzene rings is 2. The summed E-state index contributed by atoms with van der Waals surface area (Å²) in [5.41, 5.74) is 1.97. The number of likely N-dealkylation sites (tertiary alicyclic amines) is 1. The van der Waals surface area contributed by atoms with E-state index in [0.717, 1.165) is 31.5 Å². The van der Waals surface area contributed by atoms with Crippen molar-refractivity contribution in [1.29, 1.82) is 0 Å². The topological polar surface area (TPSA) is 59.0 Å². The number of aliphatic hydroxyl groups is 1. The number of carbonyl (C=O) groups excluding carboxylic acids is 1. The maximum Gasteiger partial charge on any atom is 0.573 e. The van der Waals surface area contributed by atoms with Crippen LogP contribution in [0.1, 0.15) is 35.6 Å². The second-order valence-electron chi connectivity index (χ2n) is 8.20. The zero-order chi connectivity index (χ0) is 24.0. The molecule has 0 aliphatic carbocycles. The third-order valence-electron chi connectivity index (χ3n) is 5.73. The predicted molar refractivity (Wildman–Crippen MR) is 118 cm³/mol. The molecule has 1 fully saturated rings. The van der Waals surface area contributed by atoms with Crippen LogP contribution in [0.4, 0.5) is 13.2 Å². The number of nitrogens with zero attached hydrogens (tertiary/aromatic N) is 1. The van der Waals surface area contributed by atoms with Gasteiger partial charge in [0.15, 0.2) is 0 Å². The number of hydrogen-bond acceptors (Lipinski definition) is 5. The van der Waals surface area contributed by atoms with Gasteiger partial charge in [0, 0.05) is 13.0 Å². The summed E-state index contributed by atoms with van der Waals surface area (Å²) in [6.45, 7) is 7.53. The van der Waals surface area contributed by atoms with E-state index in [0.29, 0.717) is 23.4 Å². The SMILES string of the molecule is C=COc1ccc(C(O)C(CN2CCCC2)C(=O)Cc2ccc(OC(F)(F)F)cc2)cc1C. The fourth-order valence-electron chi connectivity index (χ4n) is 4.07. The van der Waals surface area contributed by atoms with Crippen LogP contribution in [-0.2, 0) is 11.2 Å². The van der Waals surface area contributed by atoms with E-state index in [1.54, 1.807) is 18.2 Å². The van der Waals surface area contributed by atoms with Gasteiger partial charge in [0.25, 0.3) is 0 Å². The van der Waals surface area contributed by atoms with E-state index in [1.807, 2.05) is 6.92 Å². The van der Waals surface area contributed by atoms with Crippen LogP contribution in [0.3, 0.4) is 0 Å². The highest BCUT2D eigenvalue weighted by Crippen LogP contribution is 2.30. The van der Waals surface area contributed by atoms with Crippen molar-refractivity contribution in [2.24, 2.45) is 5.92 Å². The number of ether oxygens (including phenoxy) is 2. The number of hydrogen-bond donors (Lipinski definition) is 1. The van der Waals surface area contributed by atoms with Crippen LogP contribution in [0, 0.1) is 12.8 Å². The highest BCUT2D eigenvalue weighted by atomic mass is 19.4. The maximum absolute atomic E-state index is 13.2. The molecule has 2 aromatic carbocycles. The first-order chi connectivity index (χ1) is 15.7. The maximum atomic E-state index is 13.2. The number of aliphatic hydroxyl groups excluding tert-OH is 1. The van der Waals surface area contributed by atoms with Gasteiger partial charge in [0.05, 0.1) is 18.3 Å². The van der Waals surface area contributed by atoms with E-state index < -0.39 is 18.4 Å². The van der Waals surface area contributed by atoms with Crippen molar-refractivity contribution in [2.75, 3.05) is 19.6 Å². The second-order valence-corrected chi connectivity index (χ2v) is 8.20. The average Bonchev–Trinajstić information content (AvgIpc) is 3.27. The van der Waals surface area contributed by atoms with Crippen molar-refractivity contribution in [3.8, 4) is 11.5 Å². The Morgan fingerprint density at radius 1 is 1.18 bits per heavy atom. The van der Waals surface area contributed by atoms with E-state index in [4.69, 9.17) is 4.74 Å². The van der Waals surface area contributed by atoms with E-state index in [-0.39, 0.29) is 18.0 Å². The molecular formula is C25H28F3NO4. The zero-order valence-corrected chi connectivity index (χ0v) is 18.5. The molecule has 8 heteroatoms. The smallest absolute Gasteiger partial charge is 0.465 e. The lowest BCUT2D eigenvalue weighted by atomic mass is 9.88. The molecule has 1 saturated heterocycles. The van der Waals surface area contributed by atoms with Crippen molar-refractivity contribution < 1.29 is 32.5 Å². The zero-order valence-electron chi connectivity index (χ0n) is 18.5. The van der Waals surface area contributed by atoms with Crippen LogP contribution in [0.15, 0.2) is 55.3 Å². The number of aryl methyl sites for hydroxylation is 1. The quantitative estimate of drug-likeness (QED) is 0.504. The normalized spacial score (nSPS) is 16.3. The summed E-state index contributed by atoms with van der Waals surface area (Å²) in [4.78, 5) is 15.4. The third kappa shape index (κ3) is 7.07. The van der Waals surface area contributed by atoms with Gasteiger partial charge in [-0.3, -0.25) is 4.79 Å². The molecule has 0 radical (unpaired) electrons. The highest BCUT2D eigenvalue weighted by Gasteiger charge is 2.32. The van der Waals surface area contributed by atoms with Crippen molar-refractivity contribution in [3.05, 3.63) is 72.0 Å². The summed E-state index contributed by atoms with van der Waals surface area (Å²) in [6, 6.07) is 10.5. The minimum Gasteiger partial charge on any atom is -0.465 e. The Kier molecular flexibility index (Phi) is 8.15. The van der Waals surface area contributed by atoms with Gasteiger partial charge >= 0.3 is 6.36 Å². The number of alkyl halides is 3. The first kappa shape index (κ1) is 24.8. The standard InChI is InChI=1S/C25H28F3NO4/c1-3-32-23-11-8-19(14-17(23)2)24(31)21(16-29-12-4-5-13-29)22(30)15-18-6-9-20(10-7-18)33-25(26,27)28/h3,6-11,14,21,24,31H,1,4-5,12-13,15-16H2,2H3. The number of Topliss-reactive ketones (excluding diaryl/α,β-unsaturated/α-hetero) is 1. The number of halogens is 3. The lowest BCUT2D eigenvalue weighted by Crippen LogP contribution is -2.36. The molecule has 33 heavy (non-hydrogen) atoms. The largest absolute Gasteiger partial charge is 0.573 e. The van der Waals surface area contributed by atoms with Crippen molar-refractivity contribution >= 4 is 5.78 Å². The van der Waals surface area contributed by atoms with Gasteiger partial charge in [-0.1, -0.05) is 24.8 Å². The molecule has 2 unspecified atom stereocenters. The lowest BCUT2D eigenvalue weighted by molar-refractivity contribution is -0.274. The molecule has 178 valence electrons. The summed E-state index contributed by atoms with van der Waals surface area (Å²) in [5.74, 6) is -0.586. The number of rotatable bonds is 10. The van der Waals surface area contributed by atoms with Gasteiger partial charge in [-0.15, -0.1) is 13.2 Å². The summed E-state index contributed by atoms with van der Waals surface area (Å²) < 4.78 is 46.3. The molecule has 0 amide bonds. The highest BCUT2D eigenvalue weighted by molar-refractivity contribution is 5.84. The molecule has 2 atom stereocenters. The summed E-state index contributed by atoms with van der Waals surface area (Å²) in [7, 11) is 0. The molecule has 0 spiro atoms. The van der Waals surface area contributed by atoms with Crippen LogP contribution in [0.25, 0.3) is 0 Å². The summed E-state index contributed by atoms with van der Waals surface area (Å²) in [5, 5.41) is 11.2. The molecule has 0 aromatic heterocycles. The average molecular weight is 463 g/mol. The summed E-state index contributed by atoms with van der Waals surface area (Å²) >= 11 is 0. The molecule has 1 aliphatic rings. The first-order valence-electron chi connectivity index (χ1n) is 10.8. The minimum absolute atomic E-state index is 0.00148. The van der Waals surface area contributed by atoms with Crippen LogP contribution in [0.5, 0.6) is 11.5 Å². The van der Waals surface area contributed by atoms with E-state index in [9.17, 15) is 23.1 Å². The van der Waals surface area contributed by atoms with Crippen LogP contribution in [0.2, 0.25) is 0 Å². The van der Waals surface area contributed by atoms with Gasteiger partial charge < -0.3 is 19.5 Å². The molecule has 1 aliphatic heterocycles. The van der Waals surface area contributed by atoms with Crippen molar-refractivity contribution in [2.45, 2.75) is 38.7 Å². The third-order valence-corrected chi connectivity index (χ3v) is 5.73. The van der Waals surface area contributed by atoms with Crippen LogP contribution in [-0.4, -0.2) is 41.8 Å². The van der Waals surface area contributed by atoms with Crippen molar-refractivity contribution in [3.63, 3.8) is 0 Å². The van der Waals surface area contributed by atoms with E-state index in [1.165, 1.54) is 30.5 Å². The van der Waals surface area contributed by atoms with Gasteiger partial charge in [-0.05, 0) is 73.8 Å². The number of carbonyl (C=O) groups is 1. The van der Waals surface area contributed by atoms with Gasteiger partial charge in [-0.25, -0.2) is 0 Å². The van der Waals surface area contributed by atoms with Crippen LogP contribution < -0.4 is 9.47 Å². The predicted octanol–water partition coefficient (Wildman–Crippen LogP) is 4.97. The molecular weight excluding hydrogens is 435 g/mol. The Morgan fingerprint density at radius 2 is 1.85 bits per heavy atom. The van der Waals surface area contributed by atoms with E-state index >= 15 is 0 Å². The molecule has 1 heterocycles. The Bertz CT molecular complexity index is 953. The monoisotopic (exact) mass is 463 g/mol. The summed E-state index contributed by atoms with van der Waals surface area (Å²) in [6.07, 6.45) is -2.38. The van der Waals surface area contributed by atoms with Gasteiger partial charge in [-0.2, -0.15) is 0 Å². The Morgan fingerprint density at radius 3 is 2.42 bits per heavy atom. The Hall–Kier alpha value is -2.84. The Balaban J connectivity index is 1.77. The second kappa shape index (κ2) is 10.9. The lowest BCUT2D eigenvalue weighted by Gasteiger charge is -2.27. The number of ketones is 1. The minimum atomic E-state index is -4.77. The molecule has 2 aromatic rings. The van der Waals surface area contributed by atoms with E-state index in [2.05, 4.69) is 16.2 Å².